The summed E-state index contributed by atoms with van der Waals surface area (Å²) in [6.45, 7) is 1.32. The number of nitrogens with one attached hydrogen (secondary N) is 1. The number of hydrogen-bond donors (Lipinski definition) is 1. The van der Waals surface area contributed by atoms with Gasteiger partial charge in [-0.05, 0) is 25.1 Å². The second kappa shape index (κ2) is 8.24. The first-order chi connectivity index (χ1) is 8.63. The zero-order valence-electron chi connectivity index (χ0n) is 10.1. The monoisotopic (exact) mass is 279 g/mol. The standard InChI is InChI=1S/C12H16ClF2NO2/c1-2-17-6-5-16-8-9-7-10(13)3-4-11(9)18-12(14)15/h3-4,7,12,16H,2,5-6,8H2,1H3. The summed E-state index contributed by atoms with van der Waals surface area (Å²) < 4.78 is 34.0. The van der Waals surface area contributed by atoms with Crippen molar-refractivity contribution in [3.05, 3.63) is 28.8 Å². The Morgan fingerprint density at radius 3 is 2.83 bits per heavy atom. The molecular formula is C12H16ClF2NO2. The number of halogens is 3. The molecule has 0 bridgehead atoms. The second-order valence-electron chi connectivity index (χ2n) is 3.50. The van der Waals surface area contributed by atoms with Crippen molar-refractivity contribution in [1.29, 1.82) is 0 Å². The highest BCUT2D eigenvalue weighted by Gasteiger charge is 2.09. The van der Waals surface area contributed by atoms with Crippen LogP contribution in [0.4, 0.5) is 8.78 Å². The van der Waals surface area contributed by atoms with Crippen molar-refractivity contribution in [3.8, 4) is 5.75 Å². The molecule has 0 aliphatic rings. The van der Waals surface area contributed by atoms with Gasteiger partial charge in [0.2, 0.25) is 0 Å². The molecule has 102 valence electrons. The maximum Gasteiger partial charge on any atom is 0.387 e. The average Bonchev–Trinajstić information content (AvgIpc) is 2.31. The molecule has 3 nitrogen and oxygen atoms in total. The van der Waals surface area contributed by atoms with Gasteiger partial charge in [0.1, 0.15) is 5.75 Å². The lowest BCUT2D eigenvalue weighted by atomic mass is 10.2. The molecule has 0 radical (unpaired) electrons. The smallest absolute Gasteiger partial charge is 0.387 e. The molecular weight excluding hydrogens is 264 g/mol. The van der Waals surface area contributed by atoms with E-state index in [1.165, 1.54) is 12.1 Å². The van der Waals surface area contributed by atoms with Crippen LogP contribution < -0.4 is 10.1 Å². The molecule has 0 aromatic heterocycles. The van der Waals surface area contributed by atoms with Crippen LogP contribution in [0.5, 0.6) is 5.75 Å². The third kappa shape index (κ3) is 5.62. The summed E-state index contributed by atoms with van der Waals surface area (Å²) in [6, 6.07) is 4.56. The van der Waals surface area contributed by atoms with Gasteiger partial charge in [-0.1, -0.05) is 11.6 Å². The minimum Gasteiger partial charge on any atom is -0.434 e. The molecule has 1 aromatic rings. The molecule has 0 atom stereocenters. The fourth-order valence-corrected chi connectivity index (χ4v) is 1.60. The Labute approximate surface area is 110 Å². The Morgan fingerprint density at radius 1 is 1.39 bits per heavy atom. The van der Waals surface area contributed by atoms with Gasteiger partial charge >= 0.3 is 6.61 Å². The van der Waals surface area contributed by atoms with Crippen LogP contribution in [0.1, 0.15) is 12.5 Å². The van der Waals surface area contributed by atoms with E-state index in [4.69, 9.17) is 16.3 Å². The van der Waals surface area contributed by atoms with E-state index in [1.807, 2.05) is 6.92 Å². The van der Waals surface area contributed by atoms with Crippen LogP contribution in [0.15, 0.2) is 18.2 Å². The van der Waals surface area contributed by atoms with Crippen molar-refractivity contribution in [3.63, 3.8) is 0 Å². The van der Waals surface area contributed by atoms with Crippen LogP contribution in [0.25, 0.3) is 0 Å². The predicted octanol–water partition coefficient (Wildman–Crippen LogP) is 3.07. The van der Waals surface area contributed by atoms with Gasteiger partial charge in [-0.15, -0.1) is 0 Å². The molecule has 0 fully saturated rings. The topological polar surface area (TPSA) is 30.5 Å². The normalized spacial score (nSPS) is 10.9. The number of benzene rings is 1. The maximum absolute atomic E-state index is 12.2. The van der Waals surface area contributed by atoms with E-state index in [9.17, 15) is 8.78 Å². The van der Waals surface area contributed by atoms with Crippen molar-refractivity contribution >= 4 is 11.6 Å². The molecule has 0 heterocycles. The molecule has 0 aliphatic heterocycles. The zero-order valence-corrected chi connectivity index (χ0v) is 10.8. The first kappa shape index (κ1) is 15.1. The van der Waals surface area contributed by atoms with E-state index in [0.717, 1.165) is 0 Å². The highest BCUT2D eigenvalue weighted by molar-refractivity contribution is 6.30. The van der Waals surface area contributed by atoms with Crippen molar-refractivity contribution in [2.24, 2.45) is 0 Å². The molecule has 18 heavy (non-hydrogen) atoms. The molecule has 0 amide bonds. The molecule has 0 spiro atoms. The molecule has 0 unspecified atom stereocenters. The summed E-state index contributed by atoms with van der Waals surface area (Å²) in [7, 11) is 0. The van der Waals surface area contributed by atoms with Gasteiger partial charge in [-0.2, -0.15) is 8.78 Å². The van der Waals surface area contributed by atoms with Crippen LogP contribution in [0.3, 0.4) is 0 Å². The Kier molecular flexibility index (Phi) is 6.93. The Hall–Kier alpha value is -0.910. The number of hydrogen-bond acceptors (Lipinski definition) is 3. The van der Waals surface area contributed by atoms with Crippen molar-refractivity contribution < 1.29 is 18.3 Å². The highest BCUT2D eigenvalue weighted by Crippen LogP contribution is 2.24. The fourth-order valence-electron chi connectivity index (χ4n) is 1.41. The predicted molar refractivity (Wildman–Crippen MR) is 66.3 cm³/mol. The molecule has 0 saturated carbocycles. The first-order valence-electron chi connectivity index (χ1n) is 5.65. The van der Waals surface area contributed by atoms with E-state index in [-0.39, 0.29) is 5.75 Å². The van der Waals surface area contributed by atoms with Gasteiger partial charge in [0.05, 0.1) is 6.61 Å². The first-order valence-corrected chi connectivity index (χ1v) is 6.03. The summed E-state index contributed by atoms with van der Waals surface area (Å²) in [5, 5.41) is 3.55. The molecule has 0 saturated heterocycles. The van der Waals surface area contributed by atoms with Gasteiger partial charge in [0.15, 0.2) is 0 Å². The summed E-state index contributed by atoms with van der Waals surface area (Å²) in [5.74, 6) is 0.137. The van der Waals surface area contributed by atoms with Gasteiger partial charge in [-0.25, -0.2) is 0 Å². The molecule has 1 aromatic carbocycles. The number of rotatable bonds is 8. The van der Waals surface area contributed by atoms with E-state index in [1.54, 1.807) is 6.07 Å². The van der Waals surface area contributed by atoms with Gasteiger partial charge in [0.25, 0.3) is 0 Å². The van der Waals surface area contributed by atoms with E-state index in [2.05, 4.69) is 10.1 Å². The van der Waals surface area contributed by atoms with E-state index >= 15 is 0 Å². The molecule has 6 heteroatoms. The van der Waals surface area contributed by atoms with Crippen LogP contribution in [-0.2, 0) is 11.3 Å². The summed E-state index contributed by atoms with van der Waals surface area (Å²) >= 11 is 5.82. The minimum absolute atomic E-state index is 0.137. The Balaban J connectivity index is 2.53. The summed E-state index contributed by atoms with van der Waals surface area (Å²) in [5.41, 5.74) is 0.597. The average molecular weight is 280 g/mol. The summed E-state index contributed by atoms with van der Waals surface area (Å²) in [6.07, 6.45) is 0. The zero-order chi connectivity index (χ0) is 13.4. The lowest BCUT2D eigenvalue weighted by molar-refractivity contribution is -0.0505. The van der Waals surface area contributed by atoms with Crippen molar-refractivity contribution in [1.82, 2.24) is 5.32 Å². The van der Waals surface area contributed by atoms with Gasteiger partial charge in [-0.3, -0.25) is 0 Å². The van der Waals surface area contributed by atoms with Crippen LogP contribution in [-0.4, -0.2) is 26.4 Å². The molecule has 1 rings (SSSR count). The van der Waals surface area contributed by atoms with Crippen LogP contribution >= 0.6 is 11.6 Å². The summed E-state index contributed by atoms with van der Waals surface area (Å²) in [4.78, 5) is 0. The van der Waals surface area contributed by atoms with Crippen LogP contribution in [0, 0.1) is 0 Å². The third-order valence-electron chi connectivity index (χ3n) is 2.18. The number of ether oxygens (including phenoxy) is 2. The lowest BCUT2D eigenvalue weighted by Gasteiger charge is -2.12. The maximum atomic E-state index is 12.2. The Morgan fingerprint density at radius 2 is 2.17 bits per heavy atom. The van der Waals surface area contributed by atoms with Gasteiger partial charge < -0.3 is 14.8 Å². The lowest BCUT2D eigenvalue weighted by Crippen LogP contribution is -2.20. The number of alkyl halides is 2. The fraction of sp³-hybridized carbons (Fsp3) is 0.500. The molecule has 1 N–H and O–H groups in total. The van der Waals surface area contributed by atoms with E-state index in [0.29, 0.717) is 36.9 Å². The van der Waals surface area contributed by atoms with Crippen LogP contribution in [0.2, 0.25) is 5.02 Å². The largest absolute Gasteiger partial charge is 0.434 e. The van der Waals surface area contributed by atoms with E-state index < -0.39 is 6.61 Å². The van der Waals surface area contributed by atoms with Gasteiger partial charge in [0, 0.05) is 30.3 Å². The SMILES string of the molecule is CCOCCNCc1cc(Cl)ccc1OC(F)F. The third-order valence-corrected chi connectivity index (χ3v) is 2.42. The minimum atomic E-state index is -2.84. The molecule has 0 aliphatic carbocycles. The highest BCUT2D eigenvalue weighted by atomic mass is 35.5. The quantitative estimate of drug-likeness (QED) is 0.742. The van der Waals surface area contributed by atoms with Crippen molar-refractivity contribution in [2.75, 3.05) is 19.8 Å². The second-order valence-corrected chi connectivity index (χ2v) is 3.94. The Bertz CT molecular complexity index is 364. The van der Waals surface area contributed by atoms with Crippen molar-refractivity contribution in [2.45, 2.75) is 20.1 Å².